The summed E-state index contributed by atoms with van der Waals surface area (Å²) in [7, 11) is 0. The van der Waals surface area contributed by atoms with E-state index in [9.17, 15) is 42.8 Å². The summed E-state index contributed by atoms with van der Waals surface area (Å²) >= 11 is 0. The van der Waals surface area contributed by atoms with Gasteiger partial charge in [-0.1, -0.05) is 0 Å². The first-order chi connectivity index (χ1) is 12.4. The van der Waals surface area contributed by atoms with E-state index in [2.05, 4.69) is 0 Å². The van der Waals surface area contributed by atoms with Gasteiger partial charge in [-0.2, -0.15) is 13.2 Å². The molecule has 1 aromatic carbocycles. The molecule has 0 spiro atoms. The number of phenolic OH excluding ortho intramolecular Hbond substituents is 1. The predicted molar refractivity (Wildman–Crippen MR) is 81.6 cm³/mol. The minimum absolute atomic E-state index is 0.159. The molecule has 27 heavy (non-hydrogen) atoms. The molecule has 2 heterocycles. The molecule has 1 aliphatic rings. The normalized spacial score (nSPS) is 13.4. The number of nitrogens with one attached hydrogen (secondary N) is 1. The van der Waals surface area contributed by atoms with Gasteiger partial charge in [-0.3, -0.25) is 34.4 Å². The third-order valence-corrected chi connectivity index (χ3v) is 3.79. The maximum atomic E-state index is 13.2. The van der Waals surface area contributed by atoms with Crippen LogP contribution in [0.2, 0.25) is 0 Å². The second-order valence-electron chi connectivity index (χ2n) is 5.39. The Hall–Kier alpha value is -3.90. The van der Waals surface area contributed by atoms with Crippen molar-refractivity contribution in [2.24, 2.45) is 0 Å². The van der Waals surface area contributed by atoms with E-state index in [1.54, 1.807) is 0 Å². The van der Waals surface area contributed by atoms with Crippen molar-refractivity contribution in [3.8, 4) is 11.4 Å². The highest BCUT2D eigenvalue weighted by Gasteiger charge is 2.40. The van der Waals surface area contributed by atoms with Crippen molar-refractivity contribution < 1.29 is 32.8 Å². The number of rotatable bonds is 2. The molecule has 13 heteroatoms. The van der Waals surface area contributed by atoms with Gasteiger partial charge in [-0.15, -0.1) is 0 Å². The first kappa shape index (κ1) is 17.9. The van der Waals surface area contributed by atoms with Crippen LogP contribution in [0.4, 0.5) is 24.7 Å². The zero-order valence-electron chi connectivity index (χ0n) is 12.8. The molecular formula is C14H7F3N4O6. The molecule has 0 atom stereocenters. The van der Waals surface area contributed by atoms with Gasteiger partial charge >= 0.3 is 6.18 Å². The minimum atomic E-state index is -5.19. The van der Waals surface area contributed by atoms with E-state index < -0.39 is 62.5 Å². The minimum Gasteiger partial charge on any atom is -0.505 e. The van der Waals surface area contributed by atoms with E-state index in [1.807, 2.05) is 5.32 Å². The van der Waals surface area contributed by atoms with Crippen LogP contribution in [0.5, 0.6) is 5.75 Å². The molecule has 2 aromatic rings. The maximum Gasteiger partial charge on any atom is 0.423 e. The number of carbonyl (C=O) groups is 2. The molecule has 1 aromatic heterocycles. The lowest BCUT2D eigenvalue weighted by Crippen LogP contribution is -2.24. The number of nitro benzene ring substituents is 1. The molecule has 0 aliphatic carbocycles. The van der Waals surface area contributed by atoms with E-state index >= 15 is 0 Å². The van der Waals surface area contributed by atoms with Gasteiger partial charge < -0.3 is 10.8 Å². The number of hydrogen-bond donors (Lipinski definition) is 3. The van der Waals surface area contributed by atoms with Crippen LogP contribution in [0.25, 0.3) is 5.69 Å². The number of nitrogens with zero attached hydrogens (tertiary/aromatic N) is 2. The average Bonchev–Trinajstić information content (AvgIpc) is 2.81. The van der Waals surface area contributed by atoms with Crippen LogP contribution in [0.3, 0.4) is 0 Å². The monoisotopic (exact) mass is 384 g/mol. The van der Waals surface area contributed by atoms with Crippen molar-refractivity contribution in [2.75, 3.05) is 5.73 Å². The standard InChI is InChI=1S/C14H7F3N4O6/c15-14(16,17)5-2-7(8(22)3-6(5)21(26)27)20-9(23)1-4-10(11(20)18)13(25)19-12(4)24/h1-3,22H,18H2,(H,19,24,25). The van der Waals surface area contributed by atoms with E-state index in [0.717, 1.165) is 0 Å². The number of nitrogen functional groups attached to an aromatic ring is 1. The number of nitro groups is 1. The van der Waals surface area contributed by atoms with Gasteiger partial charge in [0, 0.05) is 6.07 Å². The number of amides is 2. The van der Waals surface area contributed by atoms with Crippen molar-refractivity contribution >= 4 is 23.3 Å². The molecule has 0 bridgehead atoms. The Bertz CT molecular complexity index is 1110. The van der Waals surface area contributed by atoms with Crippen LogP contribution in [0, 0.1) is 10.1 Å². The molecule has 140 valence electrons. The molecule has 10 nitrogen and oxygen atoms in total. The van der Waals surface area contributed by atoms with Gasteiger partial charge in [0.2, 0.25) is 0 Å². The molecule has 3 rings (SSSR count). The molecule has 0 saturated heterocycles. The van der Waals surface area contributed by atoms with Crippen molar-refractivity contribution in [3.05, 3.63) is 55.4 Å². The number of aromatic nitrogens is 1. The van der Waals surface area contributed by atoms with Crippen LogP contribution in [0.15, 0.2) is 23.0 Å². The lowest BCUT2D eigenvalue weighted by molar-refractivity contribution is -0.388. The van der Waals surface area contributed by atoms with Crippen LogP contribution >= 0.6 is 0 Å². The smallest absolute Gasteiger partial charge is 0.423 e. The second kappa shape index (κ2) is 5.55. The summed E-state index contributed by atoms with van der Waals surface area (Å²) in [4.78, 5) is 45.1. The molecule has 0 unspecified atom stereocenters. The number of alkyl halides is 3. The third-order valence-electron chi connectivity index (χ3n) is 3.79. The van der Waals surface area contributed by atoms with Gasteiger partial charge in [0.25, 0.3) is 23.1 Å². The Morgan fingerprint density at radius 2 is 1.78 bits per heavy atom. The topological polar surface area (TPSA) is 158 Å². The van der Waals surface area contributed by atoms with Crippen molar-refractivity contribution in [1.82, 2.24) is 9.88 Å². The number of pyridine rings is 1. The molecule has 4 N–H and O–H groups in total. The van der Waals surface area contributed by atoms with Crippen molar-refractivity contribution in [1.29, 1.82) is 0 Å². The largest absolute Gasteiger partial charge is 0.505 e. The summed E-state index contributed by atoms with van der Waals surface area (Å²) in [6.45, 7) is 0. The van der Waals surface area contributed by atoms with E-state index in [-0.39, 0.29) is 17.7 Å². The summed E-state index contributed by atoms with van der Waals surface area (Å²) in [5.41, 5.74) is -0.332. The number of aromatic hydroxyl groups is 1. The van der Waals surface area contributed by atoms with Crippen LogP contribution in [0.1, 0.15) is 26.3 Å². The van der Waals surface area contributed by atoms with Crippen molar-refractivity contribution in [2.45, 2.75) is 6.18 Å². The Balaban J connectivity index is 2.38. The predicted octanol–water partition coefficient (Wildman–Crippen LogP) is 0.936. The number of fused-ring (bicyclic) bond motifs is 1. The number of phenols is 1. The zero-order chi connectivity index (χ0) is 20.3. The Morgan fingerprint density at radius 1 is 1.15 bits per heavy atom. The van der Waals surface area contributed by atoms with Gasteiger partial charge in [0.15, 0.2) is 0 Å². The average molecular weight is 384 g/mol. The number of nitrogens with two attached hydrogens (primary N) is 1. The molecule has 2 amide bonds. The first-order valence-electron chi connectivity index (χ1n) is 6.93. The summed E-state index contributed by atoms with van der Waals surface area (Å²) in [6.07, 6.45) is -5.19. The lowest BCUT2D eigenvalue weighted by Gasteiger charge is -2.15. The highest BCUT2D eigenvalue weighted by Crippen LogP contribution is 2.41. The van der Waals surface area contributed by atoms with Crippen LogP contribution < -0.4 is 16.6 Å². The van der Waals surface area contributed by atoms with E-state index in [4.69, 9.17) is 5.73 Å². The first-order valence-corrected chi connectivity index (χ1v) is 6.93. The lowest BCUT2D eigenvalue weighted by atomic mass is 10.1. The van der Waals surface area contributed by atoms with Crippen LogP contribution in [-0.4, -0.2) is 26.4 Å². The number of anilines is 1. The Kier molecular flexibility index (Phi) is 3.68. The fraction of sp³-hybridized carbons (Fsp3) is 0.0714. The van der Waals surface area contributed by atoms with Crippen LogP contribution in [-0.2, 0) is 6.18 Å². The quantitative estimate of drug-likeness (QED) is 0.395. The Morgan fingerprint density at radius 3 is 2.33 bits per heavy atom. The third kappa shape index (κ3) is 2.65. The van der Waals surface area contributed by atoms with Gasteiger partial charge in [-0.05, 0) is 6.07 Å². The second-order valence-corrected chi connectivity index (χ2v) is 5.39. The number of hydrogen-bond acceptors (Lipinski definition) is 7. The fourth-order valence-corrected chi connectivity index (χ4v) is 2.65. The number of halogens is 3. The Labute approximate surface area is 145 Å². The molecule has 0 saturated carbocycles. The summed E-state index contributed by atoms with van der Waals surface area (Å²) < 4.78 is 39.8. The number of carbonyl (C=O) groups excluding carboxylic acids is 2. The summed E-state index contributed by atoms with van der Waals surface area (Å²) in [5, 5.41) is 22.7. The SMILES string of the molecule is Nc1c2c(cc(=O)n1-c1cc(C(F)(F)F)c([N+](=O)[O-])cc1O)C(=O)NC2=O. The molecule has 0 fully saturated rings. The van der Waals surface area contributed by atoms with Gasteiger partial charge in [-0.25, -0.2) is 0 Å². The van der Waals surface area contributed by atoms with Gasteiger partial charge in [0.05, 0.1) is 27.8 Å². The highest BCUT2D eigenvalue weighted by molar-refractivity contribution is 6.23. The summed E-state index contributed by atoms with van der Waals surface area (Å²) in [5.74, 6) is -3.68. The molecule has 0 radical (unpaired) electrons. The summed E-state index contributed by atoms with van der Waals surface area (Å²) in [6, 6.07) is 1.02. The number of imide groups is 1. The molecule has 1 aliphatic heterocycles. The van der Waals surface area contributed by atoms with E-state index in [0.29, 0.717) is 10.6 Å². The molecular weight excluding hydrogens is 377 g/mol. The highest BCUT2D eigenvalue weighted by atomic mass is 19.4. The zero-order valence-corrected chi connectivity index (χ0v) is 12.8. The van der Waals surface area contributed by atoms with E-state index in [1.165, 1.54) is 0 Å². The van der Waals surface area contributed by atoms with Gasteiger partial charge in [0.1, 0.15) is 17.1 Å². The number of benzene rings is 1. The maximum absolute atomic E-state index is 13.2. The fourth-order valence-electron chi connectivity index (χ4n) is 2.65. The van der Waals surface area contributed by atoms with Crippen molar-refractivity contribution in [3.63, 3.8) is 0 Å².